The first-order valence-electron chi connectivity index (χ1n) is 5.63. The van der Waals surface area contributed by atoms with Crippen LogP contribution in [0.4, 0.5) is 0 Å². The Bertz CT molecular complexity index is 277. The Morgan fingerprint density at radius 3 is 1.88 bits per heavy atom. The molecule has 0 aliphatic carbocycles. The second-order valence-electron chi connectivity index (χ2n) is 6.28. The molecule has 1 unspecified atom stereocenters. The highest BCUT2D eigenvalue weighted by molar-refractivity contribution is 5.90. The highest BCUT2D eigenvalue weighted by Gasteiger charge is 2.27. The minimum atomic E-state index is -0.571. The second-order valence-corrected chi connectivity index (χ2v) is 6.28. The molecule has 0 amide bonds. The van der Waals surface area contributed by atoms with Gasteiger partial charge in [-0.1, -0.05) is 47.6 Å². The predicted molar refractivity (Wildman–Crippen MR) is 66.7 cm³/mol. The fourth-order valence-electron chi connectivity index (χ4n) is 1.25. The van der Waals surface area contributed by atoms with E-state index < -0.39 is 6.23 Å². The van der Waals surface area contributed by atoms with E-state index in [1.807, 2.05) is 26.8 Å². The van der Waals surface area contributed by atoms with Gasteiger partial charge < -0.3 is 4.74 Å². The summed E-state index contributed by atoms with van der Waals surface area (Å²) in [7, 11) is 0. The van der Waals surface area contributed by atoms with Gasteiger partial charge in [-0.05, 0) is 17.8 Å². The first-order valence-corrected chi connectivity index (χ1v) is 5.63. The third-order valence-electron chi connectivity index (χ3n) is 1.90. The van der Waals surface area contributed by atoms with Gasteiger partial charge in [0.1, 0.15) is 6.23 Å². The minimum absolute atomic E-state index is 0.0561. The zero-order valence-corrected chi connectivity index (χ0v) is 11.5. The standard InChI is InChI=1S/C13H25NO2/c1-9(14)16-11(15)10(13(5,6)7)8-12(2,3)4/h8-9H,14H2,1-7H3/b10-8+. The van der Waals surface area contributed by atoms with Crippen molar-refractivity contribution in [2.75, 3.05) is 0 Å². The van der Waals surface area contributed by atoms with Crippen LogP contribution in [0.2, 0.25) is 0 Å². The van der Waals surface area contributed by atoms with Crippen molar-refractivity contribution in [2.24, 2.45) is 16.6 Å². The lowest BCUT2D eigenvalue weighted by Crippen LogP contribution is -2.29. The maximum Gasteiger partial charge on any atom is 0.335 e. The summed E-state index contributed by atoms with van der Waals surface area (Å²) >= 11 is 0. The molecule has 2 N–H and O–H groups in total. The van der Waals surface area contributed by atoms with Crippen LogP contribution >= 0.6 is 0 Å². The normalized spacial score (nSPS) is 15.9. The first-order chi connectivity index (χ1) is 6.93. The number of nitrogens with two attached hydrogens (primary N) is 1. The third kappa shape index (κ3) is 5.91. The molecule has 16 heavy (non-hydrogen) atoms. The van der Waals surface area contributed by atoms with Crippen LogP contribution in [0.15, 0.2) is 11.6 Å². The van der Waals surface area contributed by atoms with E-state index in [9.17, 15) is 4.79 Å². The van der Waals surface area contributed by atoms with E-state index in [1.165, 1.54) is 0 Å². The van der Waals surface area contributed by atoms with Crippen molar-refractivity contribution in [2.45, 2.75) is 54.7 Å². The summed E-state index contributed by atoms with van der Waals surface area (Å²) < 4.78 is 5.06. The van der Waals surface area contributed by atoms with E-state index in [0.717, 1.165) is 0 Å². The molecule has 0 spiro atoms. The van der Waals surface area contributed by atoms with E-state index in [2.05, 4.69) is 20.8 Å². The van der Waals surface area contributed by atoms with Crippen molar-refractivity contribution < 1.29 is 9.53 Å². The molecule has 1 atom stereocenters. The van der Waals surface area contributed by atoms with Gasteiger partial charge in [-0.2, -0.15) is 0 Å². The highest BCUT2D eigenvalue weighted by atomic mass is 16.6. The molecule has 0 saturated carbocycles. The molecule has 94 valence electrons. The number of rotatable bonds is 2. The minimum Gasteiger partial charge on any atom is -0.444 e. The Kier molecular flexibility index (Phi) is 4.74. The monoisotopic (exact) mass is 227 g/mol. The molecule has 0 aromatic heterocycles. The van der Waals surface area contributed by atoms with E-state index in [-0.39, 0.29) is 16.8 Å². The summed E-state index contributed by atoms with van der Waals surface area (Å²) in [6.07, 6.45) is 1.38. The number of carbonyl (C=O) groups excluding carboxylic acids is 1. The van der Waals surface area contributed by atoms with Crippen molar-refractivity contribution in [3.63, 3.8) is 0 Å². The molecule has 0 aromatic carbocycles. The summed E-state index contributed by atoms with van der Waals surface area (Å²) in [5.74, 6) is -0.322. The van der Waals surface area contributed by atoms with E-state index in [0.29, 0.717) is 5.57 Å². The van der Waals surface area contributed by atoms with Gasteiger partial charge in [0.05, 0.1) is 0 Å². The maximum absolute atomic E-state index is 11.9. The van der Waals surface area contributed by atoms with E-state index in [1.54, 1.807) is 6.92 Å². The molecule has 0 aliphatic rings. The fraction of sp³-hybridized carbons (Fsp3) is 0.769. The van der Waals surface area contributed by atoms with Crippen molar-refractivity contribution in [3.8, 4) is 0 Å². The topological polar surface area (TPSA) is 52.3 Å². The summed E-state index contributed by atoms with van der Waals surface area (Å²) in [6, 6.07) is 0. The van der Waals surface area contributed by atoms with Crippen molar-refractivity contribution in [1.29, 1.82) is 0 Å². The summed E-state index contributed by atoms with van der Waals surface area (Å²) in [5, 5.41) is 0. The lowest BCUT2D eigenvalue weighted by molar-refractivity contribution is -0.144. The predicted octanol–water partition coefficient (Wildman–Crippen LogP) is 2.85. The molecular weight excluding hydrogens is 202 g/mol. The summed E-state index contributed by atoms with van der Waals surface area (Å²) in [6.45, 7) is 13.8. The first kappa shape index (κ1) is 15.2. The number of hydrogen-bond donors (Lipinski definition) is 1. The lowest BCUT2D eigenvalue weighted by atomic mass is 9.81. The van der Waals surface area contributed by atoms with Gasteiger partial charge >= 0.3 is 5.97 Å². The zero-order valence-electron chi connectivity index (χ0n) is 11.5. The Hall–Kier alpha value is -0.830. The van der Waals surface area contributed by atoms with Crippen LogP contribution in [-0.4, -0.2) is 12.2 Å². The Morgan fingerprint density at radius 2 is 1.62 bits per heavy atom. The van der Waals surface area contributed by atoms with Crippen LogP contribution in [0.25, 0.3) is 0 Å². The van der Waals surface area contributed by atoms with Crippen LogP contribution in [-0.2, 0) is 9.53 Å². The molecule has 0 aromatic rings. The van der Waals surface area contributed by atoms with Crippen molar-refractivity contribution in [3.05, 3.63) is 11.6 Å². The SMILES string of the molecule is CC(N)OC(=O)/C(=C\C(C)(C)C)C(C)(C)C. The van der Waals surface area contributed by atoms with Crippen molar-refractivity contribution >= 4 is 5.97 Å². The number of allylic oxidation sites excluding steroid dienone is 1. The Morgan fingerprint density at radius 1 is 1.19 bits per heavy atom. The third-order valence-corrected chi connectivity index (χ3v) is 1.90. The Balaban J connectivity index is 5.13. The van der Waals surface area contributed by atoms with E-state index in [4.69, 9.17) is 10.5 Å². The second kappa shape index (κ2) is 5.00. The number of esters is 1. The van der Waals surface area contributed by atoms with Gasteiger partial charge in [-0.3, -0.25) is 5.73 Å². The smallest absolute Gasteiger partial charge is 0.335 e. The molecule has 3 heteroatoms. The molecule has 0 bridgehead atoms. The fourth-order valence-corrected chi connectivity index (χ4v) is 1.25. The van der Waals surface area contributed by atoms with Crippen LogP contribution < -0.4 is 5.73 Å². The van der Waals surface area contributed by atoms with Crippen LogP contribution in [0.5, 0.6) is 0 Å². The highest BCUT2D eigenvalue weighted by Crippen LogP contribution is 2.31. The van der Waals surface area contributed by atoms with Gasteiger partial charge in [0.2, 0.25) is 0 Å². The molecule has 0 aliphatic heterocycles. The van der Waals surface area contributed by atoms with Gasteiger partial charge in [0.15, 0.2) is 0 Å². The maximum atomic E-state index is 11.9. The molecule has 0 rings (SSSR count). The lowest BCUT2D eigenvalue weighted by Gasteiger charge is -2.26. The molecule has 0 heterocycles. The average Bonchev–Trinajstić information content (AvgIpc) is 1.94. The molecule has 3 nitrogen and oxygen atoms in total. The van der Waals surface area contributed by atoms with E-state index >= 15 is 0 Å². The van der Waals surface area contributed by atoms with Crippen molar-refractivity contribution in [1.82, 2.24) is 0 Å². The van der Waals surface area contributed by atoms with Gasteiger partial charge in [0, 0.05) is 5.57 Å². The summed E-state index contributed by atoms with van der Waals surface area (Å²) in [4.78, 5) is 11.9. The average molecular weight is 227 g/mol. The number of hydrogen-bond acceptors (Lipinski definition) is 3. The molecule has 0 fully saturated rings. The molecule has 0 radical (unpaired) electrons. The number of ether oxygens (including phenoxy) is 1. The largest absolute Gasteiger partial charge is 0.444 e. The Labute approximate surface area is 99.0 Å². The summed E-state index contributed by atoms with van der Waals surface area (Å²) in [5.41, 5.74) is 5.85. The van der Waals surface area contributed by atoms with Gasteiger partial charge in [-0.15, -0.1) is 0 Å². The van der Waals surface area contributed by atoms with Gasteiger partial charge in [-0.25, -0.2) is 4.79 Å². The zero-order chi connectivity index (χ0) is 13.1. The quantitative estimate of drug-likeness (QED) is 0.448. The molecule has 0 saturated heterocycles. The van der Waals surface area contributed by atoms with Crippen LogP contribution in [0.3, 0.4) is 0 Å². The number of carbonyl (C=O) groups is 1. The van der Waals surface area contributed by atoms with Crippen LogP contribution in [0, 0.1) is 10.8 Å². The van der Waals surface area contributed by atoms with Crippen LogP contribution in [0.1, 0.15) is 48.5 Å². The van der Waals surface area contributed by atoms with Gasteiger partial charge in [0.25, 0.3) is 0 Å². The molecular formula is C13H25NO2.